The maximum Gasteiger partial charge on any atom is 0.330 e. The van der Waals surface area contributed by atoms with E-state index in [1.807, 2.05) is 23.9 Å². The fourth-order valence-electron chi connectivity index (χ4n) is 3.44. The largest absolute Gasteiger partial charge is 0.451 e. The number of rotatable bonds is 4. The van der Waals surface area contributed by atoms with E-state index in [4.69, 9.17) is 9.47 Å². The predicted octanol–water partition coefficient (Wildman–Crippen LogP) is -2.68. The van der Waals surface area contributed by atoms with Gasteiger partial charge in [0.15, 0.2) is 6.61 Å². The minimum absolute atomic E-state index is 0.00861. The fraction of sp³-hybridized carbons (Fsp3) is 0.632. The second-order valence-corrected chi connectivity index (χ2v) is 7.49. The summed E-state index contributed by atoms with van der Waals surface area (Å²) in [6.07, 6.45) is -1.25. The first-order valence-electron chi connectivity index (χ1n) is 9.64. The van der Waals surface area contributed by atoms with E-state index in [1.54, 1.807) is 0 Å². The third kappa shape index (κ3) is 4.97. The van der Waals surface area contributed by atoms with Crippen LogP contribution in [0.3, 0.4) is 0 Å². The predicted molar refractivity (Wildman–Crippen MR) is 105 cm³/mol. The summed E-state index contributed by atoms with van der Waals surface area (Å²) in [6, 6.07) is -0.374. The number of aromatic nitrogens is 2. The molecule has 2 unspecified atom stereocenters. The number of H-pyrrole nitrogens is 1. The lowest BCUT2D eigenvalue weighted by atomic mass is 10.2. The maximum atomic E-state index is 12.3. The molecule has 0 spiro atoms. The molecular weight excluding hydrogens is 396 g/mol. The van der Waals surface area contributed by atoms with E-state index in [1.165, 1.54) is 6.20 Å². The van der Waals surface area contributed by atoms with E-state index in [0.717, 1.165) is 17.7 Å². The second-order valence-electron chi connectivity index (χ2n) is 7.49. The number of hydrogen-bond acceptors (Lipinski definition) is 9. The van der Waals surface area contributed by atoms with Crippen molar-refractivity contribution in [3.8, 4) is 11.8 Å². The van der Waals surface area contributed by atoms with Crippen LogP contribution >= 0.6 is 0 Å². The van der Waals surface area contributed by atoms with Gasteiger partial charge in [0.05, 0.1) is 12.7 Å². The minimum atomic E-state index is -0.926. The van der Waals surface area contributed by atoms with E-state index < -0.39 is 29.7 Å². The van der Waals surface area contributed by atoms with Gasteiger partial charge in [0.25, 0.3) is 5.56 Å². The standard InChI is InChI=1S/C19H26N4O7/c1-21-5-6-22(2)13(10-21)18(27)29-7-3-4-12-9-23(19(28)20-17(12)26)16-8-14(25)15(11-24)30-16/h9,13-16,24-25H,5-8,10-11H2,1-2H3,(H,20,26,28)/t13?,14?,15-,16-/m1/s1. The molecule has 0 saturated carbocycles. The number of aromatic amines is 1. The van der Waals surface area contributed by atoms with Gasteiger partial charge < -0.3 is 24.6 Å². The number of aliphatic hydroxyl groups is 2. The van der Waals surface area contributed by atoms with Crippen LogP contribution in [-0.4, -0.2) is 101 Å². The Morgan fingerprint density at radius 1 is 1.37 bits per heavy atom. The highest BCUT2D eigenvalue weighted by molar-refractivity contribution is 5.76. The molecule has 3 heterocycles. The van der Waals surface area contributed by atoms with Gasteiger partial charge in [-0.3, -0.25) is 24.0 Å². The van der Waals surface area contributed by atoms with Crippen LogP contribution < -0.4 is 11.2 Å². The summed E-state index contributed by atoms with van der Waals surface area (Å²) in [7, 11) is 3.79. The summed E-state index contributed by atoms with van der Waals surface area (Å²) in [5.41, 5.74) is -1.40. The Kier molecular flexibility index (Phi) is 7.06. The second kappa shape index (κ2) is 9.55. The number of nitrogens with zero attached hydrogens (tertiary/aromatic N) is 3. The fourth-order valence-corrected chi connectivity index (χ4v) is 3.44. The zero-order valence-electron chi connectivity index (χ0n) is 16.9. The van der Waals surface area contributed by atoms with Gasteiger partial charge in [-0.1, -0.05) is 11.8 Å². The van der Waals surface area contributed by atoms with Gasteiger partial charge >= 0.3 is 11.7 Å². The van der Waals surface area contributed by atoms with Crippen molar-refractivity contribution in [3.05, 3.63) is 32.6 Å². The molecule has 0 amide bonds. The van der Waals surface area contributed by atoms with E-state index in [0.29, 0.717) is 6.54 Å². The lowest BCUT2D eigenvalue weighted by molar-refractivity contribution is -0.150. The van der Waals surface area contributed by atoms with Crippen molar-refractivity contribution in [1.82, 2.24) is 19.4 Å². The Hall–Kier alpha value is -2.49. The molecule has 11 nitrogen and oxygen atoms in total. The summed E-state index contributed by atoms with van der Waals surface area (Å²) in [4.78, 5) is 42.5. The molecule has 2 fully saturated rings. The Balaban J connectivity index is 1.66. The van der Waals surface area contributed by atoms with Crippen LogP contribution in [0, 0.1) is 11.8 Å². The molecule has 4 atom stereocenters. The average molecular weight is 422 g/mol. The third-order valence-electron chi connectivity index (χ3n) is 5.29. The van der Waals surface area contributed by atoms with Crippen LogP contribution in [0.15, 0.2) is 15.8 Å². The lowest BCUT2D eigenvalue weighted by Gasteiger charge is -2.35. The molecule has 11 heteroatoms. The Labute approximate surface area is 172 Å². The van der Waals surface area contributed by atoms with Gasteiger partial charge in [-0.15, -0.1) is 0 Å². The molecule has 0 aliphatic carbocycles. The number of hydrogen-bond donors (Lipinski definition) is 3. The summed E-state index contributed by atoms with van der Waals surface area (Å²) >= 11 is 0. The number of carbonyl (C=O) groups excluding carboxylic acids is 1. The SMILES string of the molecule is CN1CCN(C)C(C(=O)OCC#Cc2cn([C@H]3CC(O)[C@@H](CO)O3)c(=O)[nH]c2=O)C1. The van der Waals surface area contributed by atoms with Crippen molar-refractivity contribution in [3.63, 3.8) is 0 Å². The summed E-state index contributed by atoms with van der Waals surface area (Å²) in [5.74, 6) is 4.82. The molecule has 1 aromatic rings. The zero-order valence-corrected chi connectivity index (χ0v) is 16.9. The molecule has 164 valence electrons. The van der Waals surface area contributed by atoms with Crippen molar-refractivity contribution in [2.24, 2.45) is 0 Å². The highest BCUT2D eigenvalue weighted by atomic mass is 16.5. The number of piperazine rings is 1. The number of aliphatic hydroxyl groups excluding tert-OH is 2. The Morgan fingerprint density at radius 2 is 2.13 bits per heavy atom. The molecule has 2 aliphatic rings. The molecule has 0 aromatic carbocycles. The molecular formula is C19H26N4O7. The topological polar surface area (TPSA) is 137 Å². The van der Waals surface area contributed by atoms with E-state index in [2.05, 4.69) is 16.8 Å². The highest BCUT2D eigenvalue weighted by Crippen LogP contribution is 2.27. The summed E-state index contributed by atoms with van der Waals surface area (Å²) in [6.45, 7) is 1.61. The normalized spacial score (nSPS) is 27.5. The molecule has 2 aliphatic heterocycles. The molecule has 1 aromatic heterocycles. The smallest absolute Gasteiger partial charge is 0.330 e. The van der Waals surface area contributed by atoms with Gasteiger partial charge in [0.2, 0.25) is 0 Å². The maximum absolute atomic E-state index is 12.3. The first-order valence-corrected chi connectivity index (χ1v) is 9.64. The summed E-state index contributed by atoms with van der Waals surface area (Å²) < 4.78 is 11.8. The van der Waals surface area contributed by atoms with Gasteiger partial charge in [0.1, 0.15) is 23.9 Å². The van der Waals surface area contributed by atoms with Crippen molar-refractivity contribution in [2.75, 3.05) is 46.9 Å². The van der Waals surface area contributed by atoms with Gasteiger partial charge in [0, 0.05) is 32.3 Å². The molecule has 2 saturated heterocycles. The molecule has 30 heavy (non-hydrogen) atoms. The van der Waals surface area contributed by atoms with Crippen LogP contribution in [-0.2, 0) is 14.3 Å². The average Bonchev–Trinajstić information content (AvgIpc) is 3.08. The third-order valence-corrected chi connectivity index (χ3v) is 5.29. The van der Waals surface area contributed by atoms with Crippen molar-refractivity contribution in [1.29, 1.82) is 0 Å². The molecule has 3 rings (SSSR count). The first-order chi connectivity index (χ1) is 14.3. The number of likely N-dealkylation sites (N-methyl/N-ethyl adjacent to an activating group) is 2. The highest BCUT2D eigenvalue weighted by Gasteiger charge is 2.35. The molecule has 0 radical (unpaired) electrons. The van der Waals surface area contributed by atoms with Crippen LogP contribution in [0.5, 0.6) is 0 Å². The number of carbonyl (C=O) groups is 1. The first kappa shape index (κ1) is 22.2. The van der Waals surface area contributed by atoms with Gasteiger partial charge in [-0.05, 0) is 14.1 Å². The molecule has 0 bridgehead atoms. The number of nitrogens with one attached hydrogen (secondary N) is 1. The van der Waals surface area contributed by atoms with Crippen molar-refractivity contribution < 1.29 is 24.5 Å². The van der Waals surface area contributed by atoms with Crippen molar-refractivity contribution >= 4 is 5.97 Å². The minimum Gasteiger partial charge on any atom is -0.451 e. The Bertz CT molecular complexity index is 947. The van der Waals surface area contributed by atoms with Gasteiger partial charge in [-0.2, -0.15) is 0 Å². The monoisotopic (exact) mass is 422 g/mol. The van der Waals surface area contributed by atoms with E-state index in [9.17, 15) is 24.6 Å². The van der Waals surface area contributed by atoms with Crippen LogP contribution in [0.4, 0.5) is 0 Å². The van der Waals surface area contributed by atoms with E-state index in [-0.39, 0.29) is 37.2 Å². The zero-order chi connectivity index (χ0) is 21.8. The molecule has 3 N–H and O–H groups in total. The van der Waals surface area contributed by atoms with Crippen molar-refractivity contribution in [2.45, 2.75) is 30.9 Å². The van der Waals surface area contributed by atoms with E-state index >= 15 is 0 Å². The quantitative estimate of drug-likeness (QED) is 0.350. The van der Waals surface area contributed by atoms with Crippen LogP contribution in [0.25, 0.3) is 0 Å². The van der Waals surface area contributed by atoms with Gasteiger partial charge in [-0.25, -0.2) is 4.79 Å². The number of ether oxygens (including phenoxy) is 2. The summed E-state index contributed by atoms with van der Waals surface area (Å²) in [5, 5.41) is 19.0. The van der Waals surface area contributed by atoms with Crippen LogP contribution in [0.2, 0.25) is 0 Å². The lowest BCUT2D eigenvalue weighted by Crippen LogP contribution is -2.54. The number of esters is 1. The Morgan fingerprint density at radius 3 is 2.83 bits per heavy atom. The van der Waals surface area contributed by atoms with Crippen LogP contribution in [0.1, 0.15) is 18.2 Å².